The van der Waals surface area contributed by atoms with Gasteiger partial charge in [0.1, 0.15) is 30.7 Å². The summed E-state index contributed by atoms with van der Waals surface area (Å²) in [6.07, 6.45) is -0.305. The fourth-order valence-electron chi connectivity index (χ4n) is 4.32. The number of rotatable bonds is 21. The number of aliphatic imine (C=N–C) groups is 1. The molecule has 0 fully saturated rings. The van der Waals surface area contributed by atoms with Gasteiger partial charge in [-0.2, -0.15) is 0 Å². The summed E-state index contributed by atoms with van der Waals surface area (Å²) in [5.41, 5.74) is 16.7. The molecule has 46 heavy (non-hydrogen) atoms. The molecule has 0 unspecified atom stereocenters. The van der Waals surface area contributed by atoms with Crippen molar-refractivity contribution in [3.8, 4) is 0 Å². The maximum atomic E-state index is 13.6. The monoisotopic (exact) mass is 657 g/mol. The van der Waals surface area contributed by atoms with Gasteiger partial charge in [-0.3, -0.25) is 33.8 Å². The number of nitrogens with one attached hydrogen (secondary N) is 5. The first-order valence-corrected chi connectivity index (χ1v) is 15.5. The first-order chi connectivity index (χ1) is 21.3. The van der Waals surface area contributed by atoms with Crippen molar-refractivity contribution in [1.29, 1.82) is 0 Å². The number of aliphatic hydroxyl groups excluding tert-OH is 1. The second-order valence-electron chi connectivity index (χ2n) is 12.2. The molecule has 0 radical (unpaired) electrons. The van der Waals surface area contributed by atoms with E-state index in [-0.39, 0.29) is 31.3 Å². The van der Waals surface area contributed by atoms with Gasteiger partial charge in [-0.05, 0) is 43.9 Å². The minimum atomic E-state index is -1.44. The molecule has 17 nitrogen and oxygen atoms in total. The van der Waals surface area contributed by atoms with Gasteiger partial charge < -0.3 is 54.0 Å². The molecule has 0 aliphatic heterocycles. The van der Waals surface area contributed by atoms with Crippen molar-refractivity contribution in [1.82, 2.24) is 26.6 Å². The Labute approximate surface area is 270 Å². The molecular formula is C29H55N9O8. The molecule has 0 saturated heterocycles. The van der Waals surface area contributed by atoms with Gasteiger partial charge in [-0.1, -0.05) is 48.0 Å². The van der Waals surface area contributed by atoms with Crippen LogP contribution in [0.5, 0.6) is 0 Å². The normalized spacial score (nSPS) is 15.7. The second kappa shape index (κ2) is 20.9. The molecule has 0 aliphatic rings. The van der Waals surface area contributed by atoms with E-state index in [1.54, 1.807) is 27.7 Å². The molecule has 264 valence electrons. The number of nitrogens with two attached hydrogens (primary N) is 3. The quantitative estimate of drug-likeness (QED) is 0.0354. The zero-order valence-corrected chi connectivity index (χ0v) is 28.0. The SMILES string of the molecule is CC[C@H](C)[C@H](NC(=O)[C@H](CCCN=C(N)N)NC(=O)[C@@H](NC(=O)[C@@H](N)CC(C)C)[C@@H](C)O)C(=O)N[C@H](C(=O)NCC(=O)O)C(C)C. The summed E-state index contributed by atoms with van der Waals surface area (Å²) < 4.78 is 0. The van der Waals surface area contributed by atoms with Crippen LogP contribution >= 0.6 is 0 Å². The standard InChI is InChI=1S/C29H55N9O8/c1-8-16(6)22(27(45)36-21(15(4)5)26(44)34-13-20(40)41)37-25(43)19(10-9-11-33-29(31)32)35-28(46)23(17(7)39)38-24(42)18(30)12-14(2)3/h14-19,21-23,39H,8-13,30H2,1-7H3,(H,34,44)(H,35,46)(H,36,45)(H,37,43)(H,38,42)(H,40,41)(H4,31,32,33)/t16-,17+,18-,19-,21-,22-,23-/m0/s1. The third-order valence-electron chi connectivity index (χ3n) is 7.16. The summed E-state index contributed by atoms with van der Waals surface area (Å²) in [4.78, 5) is 80.4. The number of guanidine groups is 1. The van der Waals surface area contributed by atoms with E-state index in [0.717, 1.165) is 0 Å². The lowest BCUT2D eigenvalue weighted by molar-refractivity contribution is -0.139. The van der Waals surface area contributed by atoms with Crippen molar-refractivity contribution in [3.05, 3.63) is 0 Å². The summed E-state index contributed by atoms with van der Waals surface area (Å²) in [5, 5.41) is 31.7. The molecule has 0 aromatic heterocycles. The molecule has 13 N–H and O–H groups in total. The van der Waals surface area contributed by atoms with E-state index >= 15 is 0 Å². The lowest BCUT2D eigenvalue weighted by atomic mass is 9.95. The van der Waals surface area contributed by atoms with E-state index in [9.17, 15) is 33.9 Å². The molecular weight excluding hydrogens is 602 g/mol. The van der Waals surface area contributed by atoms with Gasteiger partial charge in [-0.25, -0.2) is 0 Å². The highest BCUT2D eigenvalue weighted by atomic mass is 16.4. The van der Waals surface area contributed by atoms with Crippen molar-refractivity contribution in [2.45, 2.75) is 110 Å². The van der Waals surface area contributed by atoms with Crippen LogP contribution in [0, 0.1) is 17.8 Å². The van der Waals surface area contributed by atoms with Crippen molar-refractivity contribution in [2.24, 2.45) is 39.9 Å². The molecule has 0 rings (SSSR count). The van der Waals surface area contributed by atoms with Crippen LogP contribution in [0.15, 0.2) is 4.99 Å². The number of amides is 5. The average molecular weight is 658 g/mol. The van der Waals surface area contributed by atoms with E-state index in [4.69, 9.17) is 22.3 Å². The lowest BCUT2D eigenvalue weighted by Gasteiger charge is -2.30. The third kappa shape index (κ3) is 15.8. The zero-order chi connectivity index (χ0) is 35.7. The Morgan fingerprint density at radius 1 is 0.761 bits per heavy atom. The third-order valence-corrected chi connectivity index (χ3v) is 7.16. The zero-order valence-electron chi connectivity index (χ0n) is 28.0. The molecule has 0 bridgehead atoms. The minimum absolute atomic E-state index is 0.0166. The Hall–Kier alpha value is -3.99. The summed E-state index contributed by atoms with van der Waals surface area (Å²) in [6.45, 7) is 11.4. The number of carbonyl (C=O) groups is 6. The van der Waals surface area contributed by atoms with Crippen LogP contribution in [0.3, 0.4) is 0 Å². The van der Waals surface area contributed by atoms with E-state index in [1.165, 1.54) is 6.92 Å². The van der Waals surface area contributed by atoms with Crippen LogP contribution < -0.4 is 43.8 Å². The Balaban J connectivity index is 6.10. The summed E-state index contributed by atoms with van der Waals surface area (Å²) in [7, 11) is 0. The Bertz CT molecular complexity index is 1060. The minimum Gasteiger partial charge on any atom is -0.480 e. The van der Waals surface area contributed by atoms with Gasteiger partial charge in [0.15, 0.2) is 5.96 Å². The summed E-state index contributed by atoms with van der Waals surface area (Å²) in [5.74, 6) is -5.82. The van der Waals surface area contributed by atoms with Crippen molar-refractivity contribution < 1.29 is 39.0 Å². The second-order valence-corrected chi connectivity index (χ2v) is 12.2. The molecule has 0 heterocycles. The Kier molecular flexibility index (Phi) is 19.1. The van der Waals surface area contributed by atoms with Crippen LogP contribution in [0.4, 0.5) is 0 Å². The number of carbonyl (C=O) groups excluding carboxylic acids is 5. The van der Waals surface area contributed by atoms with Crippen LogP contribution in [-0.4, -0.2) is 101 Å². The van der Waals surface area contributed by atoms with Crippen LogP contribution in [0.2, 0.25) is 0 Å². The van der Waals surface area contributed by atoms with Crippen molar-refractivity contribution >= 4 is 41.5 Å². The van der Waals surface area contributed by atoms with Gasteiger partial charge in [0.05, 0.1) is 12.1 Å². The Morgan fingerprint density at radius 2 is 1.30 bits per heavy atom. The highest BCUT2D eigenvalue weighted by molar-refractivity contribution is 5.96. The molecule has 0 aromatic carbocycles. The van der Waals surface area contributed by atoms with Crippen LogP contribution in [-0.2, 0) is 28.8 Å². The van der Waals surface area contributed by atoms with Gasteiger partial charge >= 0.3 is 5.97 Å². The van der Waals surface area contributed by atoms with Crippen molar-refractivity contribution in [2.75, 3.05) is 13.1 Å². The number of aliphatic hydroxyl groups is 1. The maximum absolute atomic E-state index is 13.6. The number of hydrogen-bond acceptors (Lipinski definition) is 9. The molecule has 5 amide bonds. The topological polar surface area (TPSA) is 293 Å². The number of aliphatic carboxylic acids is 1. The van der Waals surface area contributed by atoms with Gasteiger partial charge in [0.25, 0.3) is 0 Å². The predicted molar refractivity (Wildman–Crippen MR) is 172 cm³/mol. The lowest BCUT2D eigenvalue weighted by Crippen LogP contribution is -2.61. The predicted octanol–water partition coefficient (Wildman–Crippen LogP) is -2.36. The van der Waals surface area contributed by atoms with Crippen molar-refractivity contribution in [3.63, 3.8) is 0 Å². The molecule has 0 spiro atoms. The molecule has 7 atom stereocenters. The number of carboxylic acid groups (broad SMARTS) is 1. The van der Waals surface area contributed by atoms with E-state index in [1.807, 2.05) is 13.8 Å². The fraction of sp³-hybridized carbons (Fsp3) is 0.759. The molecule has 0 aliphatic carbocycles. The average Bonchev–Trinajstić information content (AvgIpc) is 2.95. The van der Waals surface area contributed by atoms with Gasteiger partial charge in [0, 0.05) is 6.54 Å². The van der Waals surface area contributed by atoms with Gasteiger partial charge in [0.2, 0.25) is 29.5 Å². The van der Waals surface area contributed by atoms with E-state index in [0.29, 0.717) is 12.8 Å². The van der Waals surface area contributed by atoms with Crippen LogP contribution in [0.25, 0.3) is 0 Å². The number of hydrogen-bond donors (Lipinski definition) is 10. The first-order valence-electron chi connectivity index (χ1n) is 15.5. The highest BCUT2D eigenvalue weighted by Crippen LogP contribution is 2.12. The fourth-order valence-corrected chi connectivity index (χ4v) is 4.32. The van der Waals surface area contributed by atoms with E-state index < -0.39 is 90.2 Å². The molecule has 0 aromatic rings. The van der Waals surface area contributed by atoms with E-state index in [2.05, 4.69) is 31.6 Å². The maximum Gasteiger partial charge on any atom is 0.322 e. The number of nitrogens with zero attached hydrogens (tertiary/aromatic N) is 1. The summed E-state index contributed by atoms with van der Waals surface area (Å²) >= 11 is 0. The largest absolute Gasteiger partial charge is 0.480 e. The molecule has 17 heteroatoms. The number of carboxylic acids is 1. The Morgan fingerprint density at radius 3 is 1.78 bits per heavy atom. The summed E-state index contributed by atoms with van der Waals surface area (Å²) in [6, 6.07) is -5.86. The smallest absolute Gasteiger partial charge is 0.322 e. The molecule has 0 saturated carbocycles. The van der Waals surface area contributed by atoms with Gasteiger partial charge in [-0.15, -0.1) is 0 Å². The first kappa shape index (κ1) is 42.0. The van der Waals surface area contributed by atoms with Crippen LogP contribution in [0.1, 0.15) is 74.1 Å². The highest BCUT2D eigenvalue weighted by Gasteiger charge is 2.35.